The molecule has 0 radical (unpaired) electrons. The van der Waals surface area contributed by atoms with Crippen molar-refractivity contribution in [3.05, 3.63) is 46.9 Å². The predicted molar refractivity (Wildman–Crippen MR) is 76.8 cm³/mol. The number of nitrogens with one attached hydrogen (secondary N) is 1. The van der Waals surface area contributed by atoms with Crippen molar-refractivity contribution >= 4 is 23.0 Å². The first-order valence-electron chi connectivity index (χ1n) is 5.65. The zero-order valence-corrected chi connectivity index (χ0v) is 11.2. The van der Waals surface area contributed by atoms with E-state index in [0.29, 0.717) is 5.96 Å². The number of benzene rings is 1. The highest BCUT2D eigenvalue weighted by atomic mass is 32.1. The quantitative estimate of drug-likeness (QED) is 0.659. The summed E-state index contributed by atoms with van der Waals surface area (Å²) in [6, 6.07) is 9.73. The van der Waals surface area contributed by atoms with Crippen LogP contribution in [0.3, 0.4) is 0 Å². The van der Waals surface area contributed by atoms with Crippen molar-refractivity contribution in [3.8, 4) is 0 Å². The van der Waals surface area contributed by atoms with E-state index >= 15 is 0 Å². The van der Waals surface area contributed by atoms with Gasteiger partial charge in [0, 0.05) is 17.3 Å². The topological polar surface area (TPSA) is 63.3 Å². The van der Waals surface area contributed by atoms with Crippen LogP contribution in [0.15, 0.2) is 46.9 Å². The monoisotopic (exact) mass is 260 g/mol. The number of para-hydroxylation sites is 1. The molecule has 1 aromatic carbocycles. The molecule has 0 aliphatic carbocycles. The number of thiazole rings is 1. The Hall–Kier alpha value is -1.88. The maximum Gasteiger partial charge on any atom is 0.194 e. The molecule has 0 bridgehead atoms. The SMILES string of the molecule is CC(C)(N=C(N)Nc1ccccc1)c1nccs1. The normalized spacial score (nSPS) is 12.4. The summed E-state index contributed by atoms with van der Waals surface area (Å²) >= 11 is 1.58. The summed E-state index contributed by atoms with van der Waals surface area (Å²) in [6.07, 6.45) is 1.78. The Bertz CT molecular complexity index is 517. The largest absolute Gasteiger partial charge is 0.370 e. The lowest BCUT2D eigenvalue weighted by atomic mass is 10.1. The van der Waals surface area contributed by atoms with Gasteiger partial charge in [-0.05, 0) is 26.0 Å². The van der Waals surface area contributed by atoms with E-state index in [-0.39, 0.29) is 0 Å². The molecule has 0 saturated heterocycles. The van der Waals surface area contributed by atoms with Gasteiger partial charge in [-0.25, -0.2) is 9.98 Å². The maximum absolute atomic E-state index is 5.91. The van der Waals surface area contributed by atoms with E-state index in [1.165, 1.54) is 0 Å². The minimum Gasteiger partial charge on any atom is -0.370 e. The highest BCUT2D eigenvalue weighted by Crippen LogP contribution is 2.26. The molecule has 3 N–H and O–H groups in total. The van der Waals surface area contributed by atoms with Crippen molar-refractivity contribution in [1.82, 2.24) is 4.98 Å². The lowest BCUT2D eigenvalue weighted by Gasteiger charge is -2.18. The standard InChI is InChI=1S/C13H16N4S/c1-13(2,11-15-8-9-18-11)17-12(14)16-10-6-4-3-5-7-10/h3-9H,1-2H3,(H3,14,16,17). The Balaban J connectivity index is 2.13. The van der Waals surface area contributed by atoms with E-state index in [4.69, 9.17) is 5.73 Å². The first kappa shape index (κ1) is 12.6. The molecule has 0 spiro atoms. The summed E-state index contributed by atoms with van der Waals surface area (Å²) in [7, 11) is 0. The highest BCUT2D eigenvalue weighted by Gasteiger charge is 2.22. The molecule has 2 rings (SSSR count). The summed E-state index contributed by atoms with van der Waals surface area (Å²) in [4.78, 5) is 8.75. The summed E-state index contributed by atoms with van der Waals surface area (Å²) in [5.41, 5.74) is 6.42. The molecule has 0 aliphatic heterocycles. The summed E-state index contributed by atoms with van der Waals surface area (Å²) < 4.78 is 0. The van der Waals surface area contributed by atoms with E-state index in [2.05, 4.69) is 15.3 Å². The number of guanidine groups is 1. The fraction of sp³-hybridized carbons (Fsp3) is 0.231. The zero-order chi connectivity index (χ0) is 13.0. The second-order valence-electron chi connectivity index (χ2n) is 4.38. The predicted octanol–water partition coefficient (Wildman–Crippen LogP) is 2.81. The van der Waals surface area contributed by atoms with Gasteiger partial charge in [0.1, 0.15) is 10.5 Å². The van der Waals surface area contributed by atoms with Gasteiger partial charge in [0.2, 0.25) is 0 Å². The van der Waals surface area contributed by atoms with Crippen LogP contribution in [0.1, 0.15) is 18.9 Å². The van der Waals surface area contributed by atoms with Crippen molar-refractivity contribution in [1.29, 1.82) is 0 Å². The Morgan fingerprint density at radius 3 is 2.67 bits per heavy atom. The molecule has 94 valence electrons. The molecule has 0 unspecified atom stereocenters. The second kappa shape index (κ2) is 5.18. The Kier molecular flexibility index (Phi) is 3.62. The van der Waals surface area contributed by atoms with Gasteiger partial charge in [0.15, 0.2) is 5.96 Å². The molecule has 1 heterocycles. The van der Waals surface area contributed by atoms with E-state index in [1.54, 1.807) is 17.5 Å². The fourth-order valence-electron chi connectivity index (χ4n) is 1.57. The van der Waals surface area contributed by atoms with Crippen molar-refractivity contribution in [3.63, 3.8) is 0 Å². The van der Waals surface area contributed by atoms with Gasteiger partial charge >= 0.3 is 0 Å². The molecule has 0 aliphatic rings. The highest BCUT2D eigenvalue weighted by molar-refractivity contribution is 7.09. The van der Waals surface area contributed by atoms with Gasteiger partial charge in [-0.15, -0.1) is 11.3 Å². The zero-order valence-electron chi connectivity index (χ0n) is 10.4. The molecule has 18 heavy (non-hydrogen) atoms. The number of hydrogen-bond acceptors (Lipinski definition) is 3. The second-order valence-corrected chi connectivity index (χ2v) is 5.28. The minimum absolute atomic E-state index is 0.390. The number of hydrogen-bond donors (Lipinski definition) is 2. The molecule has 0 atom stereocenters. The van der Waals surface area contributed by atoms with Crippen molar-refractivity contribution < 1.29 is 0 Å². The third kappa shape index (κ3) is 3.07. The number of aliphatic imine (C=N–C) groups is 1. The summed E-state index contributed by atoms with van der Waals surface area (Å²) in [6.45, 7) is 3.98. The molecule has 0 amide bonds. The van der Waals surface area contributed by atoms with Gasteiger partial charge in [0.05, 0.1) is 0 Å². The minimum atomic E-state index is -0.417. The van der Waals surface area contributed by atoms with Gasteiger partial charge < -0.3 is 11.1 Å². The van der Waals surface area contributed by atoms with Crippen LogP contribution in [0.4, 0.5) is 5.69 Å². The molecule has 0 fully saturated rings. The van der Waals surface area contributed by atoms with Crippen LogP contribution in [-0.2, 0) is 5.54 Å². The van der Waals surface area contributed by atoms with Crippen molar-refractivity contribution in [2.45, 2.75) is 19.4 Å². The van der Waals surface area contributed by atoms with E-state index in [9.17, 15) is 0 Å². The third-order valence-corrected chi connectivity index (χ3v) is 3.49. The van der Waals surface area contributed by atoms with E-state index in [1.807, 2.05) is 49.6 Å². The Morgan fingerprint density at radius 2 is 2.06 bits per heavy atom. The molecular weight excluding hydrogens is 244 g/mol. The van der Waals surface area contributed by atoms with Gasteiger partial charge in [-0.1, -0.05) is 18.2 Å². The third-order valence-electron chi connectivity index (χ3n) is 2.40. The molecule has 1 aromatic heterocycles. The maximum atomic E-state index is 5.91. The smallest absolute Gasteiger partial charge is 0.194 e. The first-order chi connectivity index (χ1) is 8.58. The number of nitrogens with zero attached hydrogens (tertiary/aromatic N) is 2. The van der Waals surface area contributed by atoms with Crippen LogP contribution in [0.2, 0.25) is 0 Å². The lowest BCUT2D eigenvalue weighted by molar-refractivity contribution is 0.553. The molecular formula is C13H16N4S. The Labute approximate surface area is 111 Å². The average Bonchev–Trinajstić information content (AvgIpc) is 2.83. The van der Waals surface area contributed by atoms with Gasteiger partial charge in [-0.2, -0.15) is 0 Å². The molecule has 2 aromatic rings. The number of aromatic nitrogens is 1. The van der Waals surface area contributed by atoms with Crippen LogP contribution in [-0.4, -0.2) is 10.9 Å². The molecule has 0 saturated carbocycles. The van der Waals surface area contributed by atoms with Crippen LogP contribution >= 0.6 is 11.3 Å². The van der Waals surface area contributed by atoms with Crippen LogP contribution in [0.5, 0.6) is 0 Å². The Morgan fingerprint density at radius 1 is 1.33 bits per heavy atom. The van der Waals surface area contributed by atoms with Crippen LogP contribution < -0.4 is 11.1 Å². The van der Waals surface area contributed by atoms with Crippen LogP contribution in [0.25, 0.3) is 0 Å². The van der Waals surface area contributed by atoms with Crippen LogP contribution in [0, 0.1) is 0 Å². The summed E-state index contributed by atoms with van der Waals surface area (Å²) in [5.74, 6) is 0.390. The van der Waals surface area contributed by atoms with Crippen molar-refractivity contribution in [2.75, 3.05) is 5.32 Å². The van der Waals surface area contributed by atoms with Gasteiger partial charge in [0.25, 0.3) is 0 Å². The van der Waals surface area contributed by atoms with Crippen molar-refractivity contribution in [2.24, 2.45) is 10.7 Å². The van der Waals surface area contributed by atoms with E-state index < -0.39 is 5.54 Å². The number of rotatable bonds is 3. The lowest BCUT2D eigenvalue weighted by Crippen LogP contribution is -2.27. The first-order valence-corrected chi connectivity index (χ1v) is 6.53. The molecule has 5 heteroatoms. The summed E-state index contributed by atoms with van der Waals surface area (Å²) in [5, 5.41) is 5.95. The van der Waals surface area contributed by atoms with Gasteiger partial charge in [-0.3, -0.25) is 0 Å². The van der Waals surface area contributed by atoms with E-state index in [0.717, 1.165) is 10.7 Å². The molecule has 4 nitrogen and oxygen atoms in total. The number of nitrogens with two attached hydrogens (primary N) is 1. The fourth-order valence-corrected chi connectivity index (χ4v) is 2.28. The average molecular weight is 260 g/mol. The number of anilines is 1.